The Morgan fingerprint density at radius 3 is 2.39 bits per heavy atom. The van der Waals surface area contributed by atoms with E-state index in [2.05, 4.69) is 18.7 Å². The summed E-state index contributed by atoms with van der Waals surface area (Å²) < 4.78 is 0. The molecule has 0 aliphatic heterocycles. The van der Waals surface area contributed by atoms with Crippen LogP contribution < -0.4 is 5.73 Å². The lowest BCUT2D eigenvalue weighted by Gasteiger charge is -2.34. The highest BCUT2D eigenvalue weighted by molar-refractivity contribution is 5.78. The minimum absolute atomic E-state index is 0.241. The van der Waals surface area contributed by atoms with Crippen molar-refractivity contribution in [3.05, 3.63) is 0 Å². The molecule has 0 radical (unpaired) electrons. The monoisotopic (exact) mass is 255 g/mol. The second-order valence-electron chi connectivity index (χ2n) is 5.58. The molecular weight excluding hydrogens is 226 g/mol. The van der Waals surface area contributed by atoms with Gasteiger partial charge in [-0.1, -0.05) is 13.8 Å². The molecule has 4 heteroatoms. The molecule has 0 spiro atoms. The zero-order chi connectivity index (χ0) is 13.5. The SMILES string of the molecule is CCN(CCN)CC(=O)N(C)C1CCC(C)CC1. The first kappa shape index (κ1) is 15.4. The van der Waals surface area contributed by atoms with Crippen LogP contribution in [0, 0.1) is 5.92 Å². The second-order valence-corrected chi connectivity index (χ2v) is 5.58. The molecule has 0 aromatic heterocycles. The predicted octanol–water partition coefficient (Wildman–Crippen LogP) is 1.30. The van der Waals surface area contributed by atoms with E-state index in [1.54, 1.807) is 0 Å². The molecule has 1 aliphatic rings. The Hall–Kier alpha value is -0.610. The molecule has 0 aromatic carbocycles. The Kier molecular flexibility index (Phi) is 6.65. The maximum Gasteiger partial charge on any atom is 0.236 e. The van der Waals surface area contributed by atoms with Crippen LogP contribution >= 0.6 is 0 Å². The molecule has 1 saturated carbocycles. The van der Waals surface area contributed by atoms with Gasteiger partial charge in [0.15, 0.2) is 0 Å². The smallest absolute Gasteiger partial charge is 0.236 e. The van der Waals surface area contributed by atoms with E-state index in [1.807, 2.05) is 11.9 Å². The van der Waals surface area contributed by atoms with Crippen LogP contribution in [0.15, 0.2) is 0 Å². The number of hydrogen-bond donors (Lipinski definition) is 1. The van der Waals surface area contributed by atoms with E-state index in [0.717, 1.165) is 31.8 Å². The van der Waals surface area contributed by atoms with Crippen LogP contribution in [0.4, 0.5) is 0 Å². The first-order valence-electron chi connectivity index (χ1n) is 7.26. The summed E-state index contributed by atoms with van der Waals surface area (Å²) in [5.74, 6) is 1.07. The van der Waals surface area contributed by atoms with E-state index < -0.39 is 0 Å². The van der Waals surface area contributed by atoms with Crippen molar-refractivity contribution >= 4 is 5.91 Å². The fraction of sp³-hybridized carbons (Fsp3) is 0.929. The van der Waals surface area contributed by atoms with E-state index in [0.29, 0.717) is 19.1 Å². The summed E-state index contributed by atoms with van der Waals surface area (Å²) in [6.07, 6.45) is 4.82. The molecule has 0 heterocycles. The fourth-order valence-corrected chi connectivity index (χ4v) is 2.67. The zero-order valence-electron chi connectivity index (χ0n) is 12.2. The summed E-state index contributed by atoms with van der Waals surface area (Å²) in [6.45, 7) is 7.20. The average Bonchev–Trinajstić information content (AvgIpc) is 2.38. The third kappa shape index (κ3) is 4.58. The van der Waals surface area contributed by atoms with E-state index in [1.165, 1.54) is 12.8 Å². The van der Waals surface area contributed by atoms with Crippen molar-refractivity contribution in [3.8, 4) is 0 Å². The number of amides is 1. The maximum atomic E-state index is 12.2. The molecule has 18 heavy (non-hydrogen) atoms. The fourth-order valence-electron chi connectivity index (χ4n) is 2.67. The number of likely N-dealkylation sites (N-methyl/N-ethyl adjacent to an activating group) is 2. The number of nitrogens with zero attached hydrogens (tertiary/aromatic N) is 2. The largest absolute Gasteiger partial charge is 0.342 e. The molecule has 0 aromatic rings. The summed E-state index contributed by atoms with van der Waals surface area (Å²) >= 11 is 0. The molecule has 0 bridgehead atoms. The van der Waals surface area contributed by atoms with Crippen molar-refractivity contribution in [2.75, 3.05) is 33.2 Å². The van der Waals surface area contributed by atoms with Gasteiger partial charge in [0, 0.05) is 26.2 Å². The lowest BCUT2D eigenvalue weighted by molar-refractivity contribution is -0.133. The van der Waals surface area contributed by atoms with Crippen LogP contribution in [-0.4, -0.2) is 55.0 Å². The molecule has 1 aliphatic carbocycles. The average molecular weight is 255 g/mol. The highest BCUT2D eigenvalue weighted by atomic mass is 16.2. The molecule has 2 N–H and O–H groups in total. The molecule has 1 amide bonds. The minimum Gasteiger partial charge on any atom is -0.342 e. The molecule has 0 atom stereocenters. The Labute approximate surface area is 111 Å². The quantitative estimate of drug-likeness (QED) is 0.778. The van der Waals surface area contributed by atoms with Gasteiger partial charge in [0.05, 0.1) is 6.54 Å². The highest BCUT2D eigenvalue weighted by Crippen LogP contribution is 2.26. The van der Waals surface area contributed by atoms with Crippen LogP contribution in [0.2, 0.25) is 0 Å². The van der Waals surface area contributed by atoms with Crippen LogP contribution in [0.25, 0.3) is 0 Å². The highest BCUT2D eigenvalue weighted by Gasteiger charge is 2.25. The number of rotatable bonds is 6. The van der Waals surface area contributed by atoms with Crippen molar-refractivity contribution < 1.29 is 4.79 Å². The maximum absolute atomic E-state index is 12.2. The van der Waals surface area contributed by atoms with Crippen molar-refractivity contribution in [1.82, 2.24) is 9.80 Å². The normalized spacial score (nSPS) is 24.3. The number of carbonyl (C=O) groups is 1. The zero-order valence-corrected chi connectivity index (χ0v) is 12.2. The minimum atomic E-state index is 0.241. The summed E-state index contributed by atoms with van der Waals surface area (Å²) in [7, 11) is 1.96. The summed E-state index contributed by atoms with van der Waals surface area (Å²) in [6, 6.07) is 0.449. The van der Waals surface area contributed by atoms with Crippen molar-refractivity contribution in [1.29, 1.82) is 0 Å². The van der Waals surface area contributed by atoms with Gasteiger partial charge >= 0.3 is 0 Å². The second kappa shape index (κ2) is 7.74. The molecule has 4 nitrogen and oxygen atoms in total. The van der Waals surface area contributed by atoms with Gasteiger partial charge in [0.25, 0.3) is 0 Å². The number of hydrogen-bond acceptors (Lipinski definition) is 3. The molecule has 1 rings (SSSR count). The lowest BCUT2D eigenvalue weighted by atomic mass is 9.87. The Bertz CT molecular complexity index is 249. The Morgan fingerprint density at radius 1 is 1.28 bits per heavy atom. The number of carbonyl (C=O) groups excluding carboxylic acids is 1. The third-order valence-corrected chi connectivity index (χ3v) is 4.18. The summed E-state index contributed by atoms with van der Waals surface area (Å²) in [5.41, 5.74) is 5.55. The molecule has 106 valence electrons. The predicted molar refractivity (Wildman–Crippen MR) is 75.4 cm³/mol. The van der Waals surface area contributed by atoms with Crippen LogP contribution in [0.1, 0.15) is 39.5 Å². The van der Waals surface area contributed by atoms with E-state index in [4.69, 9.17) is 5.73 Å². The van der Waals surface area contributed by atoms with E-state index in [9.17, 15) is 4.79 Å². The first-order valence-corrected chi connectivity index (χ1v) is 7.26. The molecular formula is C14H29N3O. The third-order valence-electron chi connectivity index (χ3n) is 4.18. The van der Waals surface area contributed by atoms with E-state index >= 15 is 0 Å². The summed E-state index contributed by atoms with van der Waals surface area (Å²) in [4.78, 5) is 16.3. The van der Waals surface area contributed by atoms with Crippen LogP contribution in [0.5, 0.6) is 0 Å². The first-order chi connectivity index (χ1) is 8.58. The van der Waals surface area contributed by atoms with Gasteiger partial charge in [-0.05, 0) is 38.1 Å². The standard InChI is InChI=1S/C14H29N3O/c1-4-17(10-9-15)11-14(18)16(3)13-7-5-12(2)6-8-13/h12-13H,4-11,15H2,1-3H3. The molecule has 0 saturated heterocycles. The Morgan fingerprint density at radius 2 is 1.89 bits per heavy atom. The molecule has 1 fully saturated rings. The van der Waals surface area contributed by atoms with Crippen LogP contribution in [-0.2, 0) is 4.79 Å². The Balaban J connectivity index is 2.40. The van der Waals surface area contributed by atoms with Gasteiger partial charge in [-0.15, -0.1) is 0 Å². The van der Waals surface area contributed by atoms with Crippen molar-refractivity contribution in [2.24, 2.45) is 11.7 Å². The van der Waals surface area contributed by atoms with Gasteiger partial charge in [-0.2, -0.15) is 0 Å². The van der Waals surface area contributed by atoms with Crippen molar-refractivity contribution in [2.45, 2.75) is 45.6 Å². The summed E-state index contributed by atoms with van der Waals surface area (Å²) in [5, 5.41) is 0. The van der Waals surface area contributed by atoms with Crippen molar-refractivity contribution in [3.63, 3.8) is 0 Å². The van der Waals surface area contributed by atoms with Gasteiger partial charge in [0.2, 0.25) is 5.91 Å². The van der Waals surface area contributed by atoms with E-state index in [-0.39, 0.29) is 5.91 Å². The van der Waals surface area contributed by atoms with Gasteiger partial charge in [0.1, 0.15) is 0 Å². The van der Waals surface area contributed by atoms with Gasteiger partial charge in [-0.25, -0.2) is 0 Å². The van der Waals surface area contributed by atoms with Crippen LogP contribution in [0.3, 0.4) is 0 Å². The van der Waals surface area contributed by atoms with Gasteiger partial charge in [-0.3, -0.25) is 9.69 Å². The molecule has 0 unspecified atom stereocenters. The lowest BCUT2D eigenvalue weighted by Crippen LogP contribution is -2.45. The topological polar surface area (TPSA) is 49.6 Å². The number of nitrogens with two attached hydrogens (primary N) is 1. The van der Waals surface area contributed by atoms with Gasteiger partial charge < -0.3 is 10.6 Å².